The lowest BCUT2D eigenvalue weighted by Gasteiger charge is -2.10. The van der Waals surface area contributed by atoms with Gasteiger partial charge in [-0.1, -0.05) is 158 Å². The quantitative estimate of drug-likeness (QED) is 0.161. The SMILES string of the molecule is c1ccc(-c2cccc(-c3ccc(-c4ccc5oc6cccc(-c7nc(-c8ccccc8)nc(-c8ccc9c(c8)c8ccccc8n9-c8ccccc8)n7)c6c5c4)cc3)c2)cc1. The van der Waals surface area contributed by atoms with Crippen LogP contribution in [0.2, 0.25) is 0 Å². The summed E-state index contributed by atoms with van der Waals surface area (Å²) < 4.78 is 8.83. The average molecular weight is 793 g/mol. The van der Waals surface area contributed by atoms with E-state index in [1.54, 1.807) is 0 Å². The Bertz CT molecular complexity index is 3610. The fraction of sp³-hybridized carbons (Fsp3) is 0. The molecule has 0 saturated carbocycles. The number of para-hydroxylation sites is 2. The molecule has 9 aromatic carbocycles. The van der Waals surface area contributed by atoms with Crippen molar-refractivity contribution < 1.29 is 4.42 Å². The Morgan fingerprint density at radius 3 is 1.56 bits per heavy atom. The maximum absolute atomic E-state index is 6.51. The molecule has 5 nitrogen and oxygen atoms in total. The molecule has 290 valence electrons. The van der Waals surface area contributed by atoms with Gasteiger partial charge >= 0.3 is 0 Å². The topological polar surface area (TPSA) is 56.7 Å². The van der Waals surface area contributed by atoms with Gasteiger partial charge in [0.05, 0.1) is 11.0 Å². The molecule has 12 rings (SSSR count). The van der Waals surface area contributed by atoms with Crippen molar-refractivity contribution in [3.05, 3.63) is 218 Å². The van der Waals surface area contributed by atoms with Crippen molar-refractivity contribution in [3.63, 3.8) is 0 Å². The maximum atomic E-state index is 6.51. The number of benzene rings is 9. The largest absolute Gasteiger partial charge is 0.456 e. The Hall–Kier alpha value is -8.41. The summed E-state index contributed by atoms with van der Waals surface area (Å²) in [6, 6.07) is 76.3. The van der Waals surface area contributed by atoms with Crippen LogP contribution in [0.1, 0.15) is 0 Å². The van der Waals surface area contributed by atoms with Gasteiger partial charge in [-0.15, -0.1) is 0 Å². The summed E-state index contributed by atoms with van der Waals surface area (Å²) in [5.41, 5.74) is 14.7. The zero-order chi connectivity index (χ0) is 41.0. The predicted molar refractivity (Wildman–Crippen MR) is 254 cm³/mol. The van der Waals surface area contributed by atoms with Crippen molar-refractivity contribution in [1.82, 2.24) is 19.5 Å². The van der Waals surface area contributed by atoms with E-state index in [9.17, 15) is 0 Å². The van der Waals surface area contributed by atoms with E-state index < -0.39 is 0 Å². The minimum atomic E-state index is 0.585. The molecule has 5 heteroatoms. The first kappa shape index (κ1) is 35.5. The Kier molecular flexibility index (Phi) is 8.42. The van der Waals surface area contributed by atoms with Crippen LogP contribution in [0, 0.1) is 0 Å². The maximum Gasteiger partial charge on any atom is 0.164 e. The lowest BCUT2D eigenvalue weighted by molar-refractivity contribution is 0.669. The van der Waals surface area contributed by atoms with Gasteiger partial charge in [0.1, 0.15) is 11.2 Å². The van der Waals surface area contributed by atoms with E-state index in [1.807, 2.05) is 42.5 Å². The highest BCUT2D eigenvalue weighted by Gasteiger charge is 2.20. The average Bonchev–Trinajstić information content (AvgIpc) is 3.90. The summed E-state index contributed by atoms with van der Waals surface area (Å²) in [5.74, 6) is 1.80. The number of nitrogens with zero attached hydrogens (tertiary/aromatic N) is 4. The number of fused-ring (bicyclic) bond motifs is 6. The molecule has 12 aromatic rings. The number of rotatable bonds is 7. The van der Waals surface area contributed by atoms with Crippen molar-refractivity contribution in [2.75, 3.05) is 0 Å². The zero-order valence-electron chi connectivity index (χ0n) is 33.5. The predicted octanol–water partition coefficient (Wildman–Crippen LogP) is 14.9. The monoisotopic (exact) mass is 792 g/mol. The molecule has 0 fully saturated rings. The van der Waals surface area contributed by atoms with Crippen LogP contribution >= 0.6 is 0 Å². The molecular weight excluding hydrogens is 757 g/mol. The second kappa shape index (κ2) is 14.7. The summed E-state index contributed by atoms with van der Waals surface area (Å²) in [4.78, 5) is 15.6. The molecule has 0 bridgehead atoms. The van der Waals surface area contributed by atoms with Gasteiger partial charge in [-0.05, 0) is 94.0 Å². The first-order valence-corrected chi connectivity index (χ1v) is 20.8. The molecule has 0 radical (unpaired) electrons. The van der Waals surface area contributed by atoms with Crippen LogP contribution in [0.4, 0.5) is 0 Å². The Balaban J connectivity index is 0.975. The van der Waals surface area contributed by atoms with Gasteiger partial charge in [0.15, 0.2) is 17.5 Å². The second-order valence-electron chi connectivity index (χ2n) is 15.6. The van der Waals surface area contributed by atoms with Crippen LogP contribution in [-0.2, 0) is 0 Å². The van der Waals surface area contributed by atoms with Gasteiger partial charge in [-0.3, -0.25) is 0 Å². The molecule has 0 aliphatic rings. The van der Waals surface area contributed by atoms with Crippen LogP contribution in [0.5, 0.6) is 0 Å². The molecule has 0 unspecified atom stereocenters. The van der Waals surface area contributed by atoms with Crippen molar-refractivity contribution in [1.29, 1.82) is 0 Å². The minimum Gasteiger partial charge on any atom is -0.456 e. The molecule has 0 saturated heterocycles. The normalized spacial score (nSPS) is 11.5. The van der Waals surface area contributed by atoms with Gasteiger partial charge in [-0.25, -0.2) is 15.0 Å². The standard InChI is InChI=1S/C57H36N4O/c1-4-14-37(15-5-1)41-18-12-19-42(34-41)38-26-28-39(29-27-38)43-31-33-52-49(35-43)54-47(23-13-25-53(54)62-52)57-59-55(40-16-6-2-7-17-40)58-56(60-57)44-30-32-51-48(36-44)46-22-10-11-24-50(46)61(51)45-20-8-3-9-21-45/h1-36H. The highest BCUT2D eigenvalue weighted by Crippen LogP contribution is 2.40. The van der Waals surface area contributed by atoms with Gasteiger partial charge < -0.3 is 8.98 Å². The third kappa shape index (κ3) is 6.14. The molecular formula is C57H36N4O. The first-order valence-electron chi connectivity index (χ1n) is 20.8. The summed E-state index contributed by atoms with van der Waals surface area (Å²) >= 11 is 0. The van der Waals surface area contributed by atoms with Gasteiger partial charge in [0, 0.05) is 43.9 Å². The van der Waals surface area contributed by atoms with Crippen LogP contribution in [0.25, 0.3) is 117 Å². The Labute approximate surface area is 357 Å². The van der Waals surface area contributed by atoms with E-state index in [-0.39, 0.29) is 0 Å². The zero-order valence-corrected chi connectivity index (χ0v) is 33.5. The summed E-state index contributed by atoms with van der Waals surface area (Å²) in [5, 5.41) is 4.28. The first-order chi connectivity index (χ1) is 30.7. The minimum absolute atomic E-state index is 0.585. The summed E-state index contributed by atoms with van der Waals surface area (Å²) in [7, 11) is 0. The fourth-order valence-electron chi connectivity index (χ4n) is 8.87. The Morgan fingerprint density at radius 1 is 0.306 bits per heavy atom. The molecule has 3 heterocycles. The fourth-order valence-corrected chi connectivity index (χ4v) is 8.87. The highest BCUT2D eigenvalue weighted by molar-refractivity contribution is 6.13. The van der Waals surface area contributed by atoms with Gasteiger partial charge in [0.2, 0.25) is 0 Å². The number of furan rings is 1. The Morgan fingerprint density at radius 2 is 0.823 bits per heavy atom. The number of hydrogen-bond donors (Lipinski definition) is 0. The molecule has 62 heavy (non-hydrogen) atoms. The molecule has 0 atom stereocenters. The van der Waals surface area contributed by atoms with E-state index in [4.69, 9.17) is 19.4 Å². The third-order valence-electron chi connectivity index (χ3n) is 11.9. The third-order valence-corrected chi connectivity index (χ3v) is 11.9. The van der Waals surface area contributed by atoms with Crippen LogP contribution in [0.3, 0.4) is 0 Å². The highest BCUT2D eigenvalue weighted by atomic mass is 16.3. The number of aromatic nitrogens is 4. The van der Waals surface area contributed by atoms with E-state index in [1.165, 1.54) is 27.6 Å². The molecule has 0 aliphatic carbocycles. The van der Waals surface area contributed by atoms with Crippen LogP contribution in [-0.4, -0.2) is 19.5 Å². The molecule has 0 spiro atoms. The number of hydrogen-bond acceptors (Lipinski definition) is 4. The summed E-state index contributed by atoms with van der Waals surface area (Å²) in [6.07, 6.45) is 0. The molecule has 3 aromatic heterocycles. The van der Waals surface area contributed by atoms with Crippen molar-refractivity contribution >= 4 is 43.7 Å². The lowest BCUT2D eigenvalue weighted by atomic mass is 9.96. The lowest BCUT2D eigenvalue weighted by Crippen LogP contribution is -2.00. The van der Waals surface area contributed by atoms with Crippen LogP contribution in [0.15, 0.2) is 223 Å². The van der Waals surface area contributed by atoms with E-state index in [0.29, 0.717) is 17.5 Å². The smallest absolute Gasteiger partial charge is 0.164 e. The summed E-state index contributed by atoms with van der Waals surface area (Å²) in [6.45, 7) is 0. The van der Waals surface area contributed by atoms with E-state index in [2.05, 4.69) is 180 Å². The molecule has 0 amide bonds. The van der Waals surface area contributed by atoms with Crippen molar-refractivity contribution in [3.8, 4) is 73.2 Å². The van der Waals surface area contributed by atoms with E-state index >= 15 is 0 Å². The molecule has 0 aliphatic heterocycles. The molecule has 0 N–H and O–H groups in total. The van der Waals surface area contributed by atoms with Crippen molar-refractivity contribution in [2.45, 2.75) is 0 Å². The van der Waals surface area contributed by atoms with Gasteiger partial charge in [-0.2, -0.15) is 0 Å². The van der Waals surface area contributed by atoms with Crippen molar-refractivity contribution in [2.24, 2.45) is 0 Å². The van der Waals surface area contributed by atoms with Gasteiger partial charge in [0.25, 0.3) is 0 Å². The van der Waals surface area contributed by atoms with E-state index in [0.717, 1.165) is 71.9 Å². The second-order valence-corrected chi connectivity index (χ2v) is 15.6. The van der Waals surface area contributed by atoms with Crippen LogP contribution < -0.4 is 0 Å².